The molecule has 0 amide bonds. The average Bonchev–Trinajstić information content (AvgIpc) is 1.80. The summed E-state index contributed by atoms with van der Waals surface area (Å²) in [5.41, 5.74) is 0. The van der Waals surface area contributed by atoms with Crippen molar-refractivity contribution < 1.29 is 0 Å². The molecule has 0 aromatic heterocycles. The van der Waals surface area contributed by atoms with Crippen LogP contribution in [-0.4, -0.2) is 50.6 Å². The van der Waals surface area contributed by atoms with E-state index >= 15 is 0 Å². The number of hydrogen-bond donors (Lipinski definition) is 0. The van der Waals surface area contributed by atoms with Gasteiger partial charge in [-0.15, -0.1) is 0 Å². The maximum absolute atomic E-state index is 2.27. The van der Waals surface area contributed by atoms with Gasteiger partial charge in [0, 0.05) is 0 Å². The van der Waals surface area contributed by atoms with E-state index in [1.54, 1.807) is 50.6 Å². The second kappa shape index (κ2) is 3.33. The van der Waals surface area contributed by atoms with Crippen LogP contribution >= 0.6 is 0 Å². The predicted molar refractivity (Wildman–Crippen MR) is 51.0 cm³/mol. The number of hydrogen-bond acceptors (Lipinski definition) is 0. The quantitative estimate of drug-likeness (QED) is 0.436. The van der Waals surface area contributed by atoms with E-state index in [9.17, 15) is 0 Å². The Kier molecular flexibility index (Phi) is 2.96. The average molecular weight is 306 g/mol. The topological polar surface area (TPSA) is 0 Å². The summed E-state index contributed by atoms with van der Waals surface area (Å²) in [6.07, 6.45) is 0. The van der Waals surface area contributed by atoms with E-state index in [2.05, 4.69) is 18.2 Å². The third-order valence-electron chi connectivity index (χ3n) is 1.11. The molecule has 0 nitrogen and oxygen atoms in total. The Bertz CT molecular complexity index is 220. The molecular weight excluding hydrogens is 297 g/mol. The Balaban J connectivity index is 3.17. The number of rotatable bonds is 0. The molecule has 1 aromatic carbocycles. The first-order valence-corrected chi connectivity index (χ1v) is 6.24. The van der Waals surface area contributed by atoms with Gasteiger partial charge in [0.05, 0.1) is 0 Å². The first-order chi connectivity index (χ1) is 4.20. The van der Waals surface area contributed by atoms with Crippen molar-refractivity contribution in [3.8, 4) is 0 Å². The minimum atomic E-state index is 1.43. The molecule has 0 N–H and O–H groups in total. The Labute approximate surface area is 81.3 Å². The maximum atomic E-state index is 2.27. The fourth-order valence-corrected chi connectivity index (χ4v) is 3.00. The third kappa shape index (κ3) is 2.19. The third-order valence-corrected chi connectivity index (χ3v) is 5.48. The summed E-state index contributed by atoms with van der Waals surface area (Å²) in [6.45, 7) is 0. The van der Waals surface area contributed by atoms with Crippen LogP contribution in [0.15, 0.2) is 18.2 Å². The first-order valence-electron chi connectivity index (χ1n) is 2.60. The molecule has 3 atom stereocenters. The van der Waals surface area contributed by atoms with Crippen LogP contribution in [0, 0.1) is 0 Å². The molecule has 3 unspecified atom stereocenters. The van der Waals surface area contributed by atoms with Crippen molar-refractivity contribution in [2.75, 3.05) is 0 Å². The van der Waals surface area contributed by atoms with Crippen LogP contribution in [0.3, 0.4) is 0 Å². The molecule has 0 heterocycles. The van der Waals surface area contributed by atoms with Gasteiger partial charge < -0.3 is 0 Å². The molecule has 9 heavy (non-hydrogen) atoms. The summed E-state index contributed by atoms with van der Waals surface area (Å²) in [5.74, 6) is 0. The van der Waals surface area contributed by atoms with Gasteiger partial charge in [0.2, 0.25) is 0 Å². The van der Waals surface area contributed by atoms with Crippen LogP contribution in [0.2, 0.25) is 0 Å². The van der Waals surface area contributed by atoms with Gasteiger partial charge in [-0.3, -0.25) is 0 Å². The molecule has 0 saturated heterocycles. The van der Waals surface area contributed by atoms with Crippen molar-refractivity contribution in [1.29, 1.82) is 0 Å². The summed E-state index contributed by atoms with van der Waals surface area (Å²) in [5, 5.41) is 0. The van der Waals surface area contributed by atoms with Crippen molar-refractivity contribution in [2.24, 2.45) is 0 Å². The van der Waals surface area contributed by atoms with Crippen LogP contribution in [0.5, 0.6) is 0 Å². The zero-order chi connectivity index (χ0) is 6.85. The Morgan fingerprint density at radius 1 is 0.889 bits per heavy atom. The van der Waals surface area contributed by atoms with Gasteiger partial charge in [-0.1, -0.05) is 0 Å². The Hall–Kier alpha value is 0.895. The van der Waals surface area contributed by atoms with Gasteiger partial charge in [-0.2, -0.15) is 0 Å². The minimum absolute atomic E-state index is 1.43. The van der Waals surface area contributed by atoms with Gasteiger partial charge >= 0.3 is 81.8 Å². The second-order valence-corrected chi connectivity index (χ2v) is 5.90. The fourth-order valence-electron chi connectivity index (χ4n) is 0.593. The molecule has 0 aliphatic heterocycles. The van der Waals surface area contributed by atoms with E-state index in [-0.39, 0.29) is 0 Å². The summed E-state index contributed by atoms with van der Waals surface area (Å²) in [4.78, 5) is 0. The summed E-state index contributed by atoms with van der Waals surface area (Å²) in [6, 6.07) is 6.69. The van der Waals surface area contributed by atoms with E-state index in [0.29, 0.717) is 0 Å². The summed E-state index contributed by atoms with van der Waals surface area (Å²) >= 11 is 5.16. The van der Waals surface area contributed by atoms with E-state index in [0.717, 1.165) is 0 Å². The molecular formula is C6H9As3. The molecule has 0 aliphatic rings. The SMILES string of the molecule is [AsH2]c1ccc([AsH2])c([AsH2])c1. The van der Waals surface area contributed by atoms with Crippen molar-refractivity contribution in [3.05, 3.63) is 18.2 Å². The fraction of sp³-hybridized carbons (Fsp3) is 0. The first kappa shape index (κ1) is 8.00. The van der Waals surface area contributed by atoms with Crippen molar-refractivity contribution in [3.63, 3.8) is 0 Å². The second-order valence-electron chi connectivity index (χ2n) is 1.89. The normalized spacial score (nSPS) is 9.67. The zero-order valence-corrected chi connectivity index (χ0v) is 12.2. The molecule has 0 radical (unpaired) electrons. The van der Waals surface area contributed by atoms with E-state index < -0.39 is 0 Å². The van der Waals surface area contributed by atoms with Gasteiger partial charge in [0.15, 0.2) is 0 Å². The molecule has 3 heteroatoms. The van der Waals surface area contributed by atoms with Crippen LogP contribution in [0.25, 0.3) is 0 Å². The van der Waals surface area contributed by atoms with E-state index in [1.807, 2.05) is 0 Å². The van der Waals surface area contributed by atoms with E-state index in [1.165, 1.54) is 13.1 Å². The molecule has 1 rings (SSSR count). The molecule has 1 aromatic rings. The van der Waals surface area contributed by atoms with Gasteiger partial charge in [-0.05, 0) is 0 Å². The predicted octanol–water partition coefficient (Wildman–Crippen LogP) is -3.54. The van der Waals surface area contributed by atoms with Crippen LogP contribution in [-0.2, 0) is 0 Å². The van der Waals surface area contributed by atoms with Crippen molar-refractivity contribution in [1.82, 2.24) is 0 Å². The molecule has 0 saturated carbocycles. The van der Waals surface area contributed by atoms with Crippen LogP contribution in [0.1, 0.15) is 0 Å². The zero-order valence-electron chi connectivity index (χ0n) is 4.96. The summed E-state index contributed by atoms with van der Waals surface area (Å²) in [7, 11) is 0. The molecule has 0 fully saturated rings. The Morgan fingerprint density at radius 3 is 2.00 bits per heavy atom. The molecule has 0 bridgehead atoms. The molecule has 0 aliphatic carbocycles. The van der Waals surface area contributed by atoms with E-state index in [4.69, 9.17) is 0 Å². The van der Waals surface area contributed by atoms with Gasteiger partial charge in [0.1, 0.15) is 0 Å². The van der Waals surface area contributed by atoms with Crippen molar-refractivity contribution >= 4 is 63.6 Å². The number of benzene rings is 1. The standard InChI is InChI=1S/C6H9As3/c7-4-1-2-5(8)6(9)3-4/h1-3H,7-9H2. The molecule has 48 valence electrons. The Morgan fingerprint density at radius 2 is 1.56 bits per heavy atom. The van der Waals surface area contributed by atoms with Crippen LogP contribution in [0.4, 0.5) is 0 Å². The monoisotopic (exact) mass is 306 g/mol. The van der Waals surface area contributed by atoms with Gasteiger partial charge in [-0.25, -0.2) is 0 Å². The van der Waals surface area contributed by atoms with Crippen molar-refractivity contribution in [2.45, 2.75) is 0 Å². The van der Waals surface area contributed by atoms with Crippen LogP contribution < -0.4 is 13.1 Å². The molecule has 0 spiro atoms. The van der Waals surface area contributed by atoms with Gasteiger partial charge in [0.25, 0.3) is 0 Å². The summed E-state index contributed by atoms with van der Waals surface area (Å²) < 4.78 is 4.40.